The largest absolute Gasteiger partial charge is 0.382 e. The highest BCUT2D eigenvalue weighted by Gasteiger charge is 2.43. The quantitative estimate of drug-likeness (QED) is 0.357. The predicted octanol–water partition coefficient (Wildman–Crippen LogP) is 0.397. The smallest absolute Gasteiger partial charge is 0.280 e. The molecule has 3 aromatic rings. The number of sulfonamides is 1. The zero-order valence-corrected chi connectivity index (χ0v) is 20.2. The van der Waals surface area contributed by atoms with Crippen LogP contribution in [0.15, 0.2) is 26.9 Å². The molecule has 35 heavy (non-hydrogen) atoms. The van der Waals surface area contributed by atoms with Gasteiger partial charge in [-0.1, -0.05) is 28.4 Å². The molecular weight excluding hydrogens is 523 g/mol. The van der Waals surface area contributed by atoms with Crippen LogP contribution in [-0.4, -0.2) is 69.9 Å². The lowest BCUT2D eigenvalue weighted by Gasteiger charge is -2.38. The molecule has 184 valence electrons. The zero-order chi connectivity index (χ0) is 25.0. The molecule has 2 aliphatic rings. The van der Waals surface area contributed by atoms with Crippen molar-refractivity contribution < 1.29 is 17.7 Å². The van der Waals surface area contributed by atoms with E-state index < -0.39 is 21.5 Å². The number of hydrogen-bond donors (Lipinski definition) is 4. The Bertz CT molecular complexity index is 1480. The maximum atomic E-state index is 13.3. The number of guanidine groups is 1. The highest BCUT2D eigenvalue weighted by atomic mass is 35.5. The highest BCUT2D eigenvalue weighted by Crippen LogP contribution is 2.32. The van der Waals surface area contributed by atoms with Gasteiger partial charge in [0.25, 0.3) is 15.9 Å². The molecule has 0 aliphatic carbocycles. The van der Waals surface area contributed by atoms with Crippen LogP contribution in [0, 0.1) is 0 Å². The van der Waals surface area contributed by atoms with Crippen molar-refractivity contribution in [2.24, 2.45) is 4.99 Å². The number of hydrogen-bond acceptors (Lipinski definition) is 12. The lowest BCUT2D eigenvalue weighted by atomic mass is 9.89. The summed E-state index contributed by atoms with van der Waals surface area (Å²) in [4.78, 5) is 28.6. The number of aliphatic imine (C=N–C) groups is 1. The first-order chi connectivity index (χ1) is 16.6. The second kappa shape index (κ2) is 8.44. The van der Waals surface area contributed by atoms with E-state index in [1.54, 1.807) is 0 Å². The van der Waals surface area contributed by atoms with Crippen molar-refractivity contribution >= 4 is 67.7 Å². The molecule has 14 nitrogen and oxygen atoms in total. The number of nitrogens with two attached hydrogens (primary N) is 2. The van der Waals surface area contributed by atoms with Gasteiger partial charge in [-0.3, -0.25) is 15.1 Å². The van der Waals surface area contributed by atoms with Gasteiger partial charge < -0.3 is 21.3 Å². The number of rotatable bonds is 3. The molecule has 1 saturated heterocycles. The lowest BCUT2D eigenvalue weighted by molar-refractivity contribution is 0.0971. The average Bonchev–Trinajstić information content (AvgIpc) is 3.45. The monoisotopic (exact) mass is 540 g/mol. The maximum Gasteiger partial charge on any atom is 0.280 e. The number of amides is 1. The molecule has 0 atom stereocenters. The zero-order valence-electron chi connectivity index (χ0n) is 17.8. The fourth-order valence-corrected chi connectivity index (χ4v) is 5.81. The third-order valence-electron chi connectivity index (χ3n) is 5.85. The van der Waals surface area contributed by atoms with Gasteiger partial charge in [-0.2, -0.15) is 4.31 Å². The maximum absolute atomic E-state index is 13.3. The molecule has 17 heteroatoms. The van der Waals surface area contributed by atoms with Crippen LogP contribution in [0.4, 0.5) is 11.6 Å². The highest BCUT2D eigenvalue weighted by molar-refractivity contribution is 7.89. The van der Waals surface area contributed by atoms with E-state index >= 15 is 0 Å². The molecule has 1 fully saturated rings. The molecule has 1 amide bonds. The summed E-state index contributed by atoms with van der Waals surface area (Å²) < 4.78 is 32.9. The summed E-state index contributed by atoms with van der Waals surface area (Å²) in [7, 11) is -3.93. The Balaban J connectivity index is 1.25. The van der Waals surface area contributed by atoms with Crippen LogP contribution in [0.25, 0.3) is 11.0 Å². The summed E-state index contributed by atoms with van der Waals surface area (Å²) in [5, 5.41) is 9.49. The van der Waals surface area contributed by atoms with Gasteiger partial charge in [-0.05, 0) is 12.8 Å². The third-order valence-corrected chi connectivity index (χ3v) is 8.26. The Hall–Kier alpha value is -3.27. The van der Waals surface area contributed by atoms with Crippen molar-refractivity contribution in [3.05, 3.63) is 28.3 Å². The Morgan fingerprint density at radius 2 is 1.91 bits per heavy atom. The van der Waals surface area contributed by atoms with E-state index in [2.05, 4.69) is 35.7 Å². The first-order valence-corrected chi connectivity index (χ1v) is 12.4. The number of piperidine rings is 1. The molecule has 0 bridgehead atoms. The van der Waals surface area contributed by atoms with Crippen LogP contribution >= 0.6 is 23.2 Å². The fraction of sp³-hybridized carbons (Fsp3) is 0.333. The summed E-state index contributed by atoms with van der Waals surface area (Å²) in [5.41, 5.74) is 10.7. The van der Waals surface area contributed by atoms with Crippen molar-refractivity contribution in [1.82, 2.24) is 35.0 Å². The normalized spacial score (nSPS) is 17.9. The molecule has 2 aliphatic heterocycles. The van der Waals surface area contributed by atoms with Gasteiger partial charge in [0.1, 0.15) is 5.02 Å². The second-order valence-corrected chi connectivity index (χ2v) is 10.7. The minimum Gasteiger partial charge on any atom is -0.382 e. The van der Waals surface area contributed by atoms with Crippen LogP contribution in [-0.2, 0) is 10.0 Å². The van der Waals surface area contributed by atoms with Crippen LogP contribution in [0.1, 0.15) is 23.3 Å². The summed E-state index contributed by atoms with van der Waals surface area (Å²) in [5.74, 6) is -0.706. The minimum absolute atomic E-state index is 0.0868. The van der Waals surface area contributed by atoms with Crippen LogP contribution in [0.5, 0.6) is 0 Å². The first-order valence-electron chi connectivity index (χ1n) is 10.2. The van der Waals surface area contributed by atoms with Crippen molar-refractivity contribution in [2.45, 2.75) is 23.4 Å². The molecule has 0 saturated carbocycles. The SMILES string of the molecule is Nc1nc(N)c(C(=O)NC2=NCC3(CCN(S(=O)(=O)c4ncc(Cl)c5oncc45)CC3)N2)nc1Cl. The van der Waals surface area contributed by atoms with Gasteiger partial charge in [0.2, 0.25) is 0 Å². The van der Waals surface area contributed by atoms with Gasteiger partial charge in [0.15, 0.2) is 39.1 Å². The third kappa shape index (κ3) is 4.09. The number of fused-ring (bicyclic) bond motifs is 1. The van der Waals surface area contributed by atoms with E-state index in [0.29, 0.717) is 19.4 Å². The molecular formula is C18H18Cl2N10O4S. The van der Waals surface area contributed by atoms with Gasteiger partial charge in [-0.25, -0.2) is 23.4 Å². The van der Waals surface area contributed by atoms with Crippen LogP contribution < -0.4 is 22.1 Å². The number of halogens is 2. The van der Waals surface area contributed by atoms with Gasteiger partial charge >= 0.3 is 0 Å². The Kier molecular flexibility index (Phi) is 5.66. The lowest BCUT2D eigenvalue weighted by Crippen LogP contribution is -2.56. The summed E-state index contributed by atoms with van der Waals surface area (Å²) in [6.45, 7) is 0.750. The summed E-state index contributed by atoms with van der Waals surface area (Å²) in [6, 6.07) is 0. The fourth-order valence-electron chi connectivity index (χ4n) is 3.98. The molecule has 5 heterocycles. The number of nitrogens with zero attached hydrogens (tertiary/aromatic N) is 6. The molecule has 0 radical (unpaired) electrons. The Morgan fingerprint density at radius 1 is 1.17 bits per heavy atom. The van der Waals surface area contributed by atoms with Crippen LogP contribution in [0.2, 0.25) is 10.2 Å². The second-order valence-electron chi connectivity index (χ2n) is 8.04. The number of anilines is 2. The minimum atomic E-state index is -3.93. The molecule has 3 aromatic heterocycles. The number of carbonyl (C=O) groups is 1. The van der Waals surface area contributed by atoms with Crippen molar-refractivity contribution in [3.63, 3.8) is 0 Å². The molecule has 6 N–H and O–H groups in total. The van der Waals surface area contributed by atoms with Crippen molar-refractivity contribution in [3.8, 4) is 0 Å². The van der Waals surface area contributed by atoms with E-state index in [0.717, 1.165) is 0 Å². The van der Waals surface area contributed by atoms with E-state index in [-0.39, 0.29) is 62.5 Å². The Labute approximate surface area is 208 Å². The van der Waals surface area contributed by atoms with E-state index in [1.165, 1.54) is 16.7 Å². The average molecular weight is 541 g/mol. The Morgan fingerprint density at radius 3 is 2.66 bits per heavy atom. The molecule has 1 spiro atoms. The van der Waals surface area contributed by atoms with Crippen molar-refractivity contribution in [1.29, 1.82) is 0 Å². The van der Waals surface area contributed by atoms with Gasteiger partial charge in [-0.15, -0.1) is 0 Å². The number of nitrogen functional groups attached to an aromatic ring is 2. The molecule has 0 aromatic carbocycles. The summed E-state index contributed by atoms with van der Waals surface area (Å²) >= 11 is 11.9. The van der Waals surface area contributed by atoms with Gasteiger partial charge in [0.05, 0.1) is 29.9 Å². The van der Waals surface area contributed by atoms with E-state index in [9.17, 15) is 13.2 Å². The van der Waals surface area contributed by atoms with E-state index in [1.807, 2.05) is 0 Å². The molecule has 5 rings (SSSR count). The van der Waals surface area contributed by atoms with Gasteiger partial charge in [0, 0.05) is 13.1 Å². The van der Waals surface area contributed by atoms with Crippen LogP contribution in [0.3, 0.4) is 0 Å². The van der Waals surface area contributed by atoms with E-state index in [4.69, 9.17) is 39.2 Å². The van der Waals surface area contributed by atoms with Crippen molar-refractivity contribution in [2.75, 3.05) is 31.1 Å². The standard InChI is InChI=1S/C18H18Cl2N10O4S/c19-9-6-23-16(8-5-25-34-11(8)9)35(32,33)30-3-1-18(2-4-30)7-24-17(29-18)28-15(31)10-13(21)27-14(22)12(20)26-10/h5-6H,1-4,7H2,(H4,21,22,27)(H2,24,28,29,31). The summed E-state index contributed by atoms with van der Waals surface area (Å²) in [6.07, 6.45) is 3.37. The molecule has 0 unspecified atom stereocenters. The number of nitrogens with one attached hydrogen (secondary N) is 2. The topological polar surface area (TPSA) is 208 Å². The number of carbonyl (C=O) groups excluding carboxylic acids is 1. The first kappa shape index (κ1) is 23.5. The number of aromatic nitrogens is 4. The number of pyridine rings is 1. The predicted molar refractivity (Wildman–Crippen MR) is 126 cm³/mol.